The van der Waals surface area contributed by atoms with E-state index in [-0.39, 0.29) is 5.91 Å². The van der Waals surface area contributed by atoms with Crippen LogP contribution in [0.2, 0.25) is 0 Å². The van der Waals surface area contributed by atoms with Gasteiger partial charge in [-0.1, -0.05) is 6.07 Å². The molecule has 4 rings (SSSR count). The molecule has 0 unspecified atom stereocenters. The Kier molecular flexibility index (Phi) is 4.44. The monoisotopic (exact) mass is 389 g/mol. The number of carbonyl (C=O) groups is 1. The Labute approximate surface area is 159 Å². The Bertz CT molecular complexity index is 1020. The molecule has 1 amide bonds. The summed E-state index contributed by atoms with van der Waals surface area (Å²) in [6.07, 6.45) is -1.87. The summed E-state index contributed by atoms with van der Waals surface area (Å²) in [7, 11) is 0. The molecule has 28 heavy (non-hydrogen) atoms. The molecule has 0 radical (unpaired) electrons. The molecule has 1 saturated heterocycles. The number of anilines is 1. The van der Waals surface area contributed by atoms with E-state index in [0.717, 1.165) is 18.1 Å². The number of hydrogen-bond donors (Lipinski definition) is 0. The molecular weight excluding hydrogens is 371 g/mol. The molecule has 4 heterocycles. The second kappa shape index (κ2) is 6.81. The Morgan fingerprint density at radius 3 is 2.50 bits per heavy atom. The predicted molar refractivity (Wildman–Crippen MR) is 97.9 cm³/mol. The molecule has 0 aliphatic carbocycles. The molecule has 1 aliphatic heterocycles. The molecule has 9 heteroatoms. The third-order valence-electron chi connectivity index (χ3n) is 4.88. The predicted octanol–water partition coefficient (Wildman–Crippen LogP) is 3.08. The number of imidazole rings is 1. The van der Waals surface area contributed by atoms with Gasteiger partial charge in [0.1, 0.15) is 11.5 Å². The summed E-state index contributed by atoms with van der Waals surface area (Å²) in [5.41, 5.74) is 0.713. The fourth-order valence-electron chi connectivity index (χ4n) is 3.33. The van der Waals surface area contributed by atoms with Crippen LogP contribution in [0.4, 0.5) is 19.0 Å². The maximum absolute atomic E-state index is 13.1. The largest absolute Gasteiger partial charge is 0.417 e. The van der Waals surface area contributed by atoms with Crippen LogP contribution in [0.1, 0.15) is 12.5 Å². The van der Waals surface area contributed by atoms with Gasteiger partial charge in [-0.3, -0.25) is 9.20 Å². The summed E-state index contributed by atoms with van der Waals surface area (Å²) in [6, 6.07) is 7.79. The first-order chi connectivity index (χ1) is 13.3. The van der Waals surface area contributed by atoms with Gasteiger partial charge in [-0.15, -0.1) is 0 Å². The van der Waals surface area contributed by atoms with E-state index >= 15 is 0 Å². The summed E-state index contributed by atoms with van der Waals surface area (Å²) in [6.45, 7) is 4.09. The lowest BCUT2D eigenvalue weighted by Gasteiger charge is -2.35. The summed E-state index contributed by atoms with van der Waals surface area (Å²) < 4.78 is 40.6. The van der Waals surface area contributed by atoms with Crippen LogP contribution in [0.15, 0.2) is 42.7 Å². The number of carbonyl (C=O) groups excluding carboxylic acids is 1. The number of hydrogen-bond acceptors (Lipinski definition) is 4. The molecule has 0 saturated carbocycles. The number of aromatic nitrogens is 3. The van der Waals surface area contributed by atoms with Gasteiger partial charge in [0.2, 0.25) is 5.91 Å². The van der Waals surface area contributed by atoms with E-state index in [1.54, 1.807) is 17.9 Å². The molecule has 0 aromatic carbocycles. The van der Waals surface area contributed by atoms with E-state index in [1.165, 1.54) is 16.7 Å². The smallest absolute Gasteiger partial charge is 0.353 e. The minimum absolute atomic E-state index is 0.0487. The fourth-order valence-corrected chi connectivity index (χ4v) is 3.33. The topological polar surface area (TPSA) is 53.7 Å². The van der Waals surface area contributed by atoms with Crippen LogP contribution in [0.3, 0.4) is 0 Å². The maximum Gasteiger partial charge on any atom is 0.417 e. The van der Waals surface area contributed by atoms with Gasteiger partial charge in [-0.05, 0) is 24.3 Å². The van der Waals surface area contributed by atoms with Gasteiger partial charge < -0.3 is 9.80 Å². The molecule has 0 N–H and O–H groups in total. The number of pyridine rings is 2. The van der Waals surface area contributed by atoms with Crippen LogP contribution in [0.25, 0.3) is 17.0 Å². The lowest BCUT2D eigenvalue weighted by atomic mass is 10.2. The summed E-state index contributed by atoms with van der Waals surface area (Å²) >= 11 is 0. The van der Waals surface area contributed by atoms with Crippen LogP contribution in [-0.4, -0.2) is 51.4 Å². The maximum atomic E-state index is 13.1. The Morgan fingerprint density at radius 1 is 1.07 bits per heavy atom. The number of fused-ring (bicyclic) bond motifs is 1. The zero-order chi connectivity index (χ0) is 19.9. The quantitative estimate of drug-likeness (QED) is 0.676. The molecule has 6 nitrogen and oxygen atoms in total. The number of piperazine rings is 1. The van der Waals surface area contributed by atoms with Gasteiger partial charge in [-0.25, -0.2) is 9.97 Å². The van der Waals surface area contributed by atoms with E-state index in [0.29, 0.717) is 43.2 Å². The molecule has 0 bridgehead atoms. The minimum atomic E-state index is -4.43. The van der Waals surface area contributed by atoms with Crippen LogP contribution in [0, 0.1) is 0 Å². The molecular formula is C19H18F3N5O. The number of amides is 1. The number of halogens is 3. The molecule has 146 valence electrons. The molecule has 0 atom stereocenters. The van der Waals surface area contributed by atoms with Crippen molar-refractivity contribution in [1.82, 2.24) is 19.3 Å². The number of alkyl halides is 3. The summed E-state index contributed by atoms with van der Waals surface area (Å²) in [5, 5.41) is 0. The van der Waals surface area contributed by atoms with Crippen molar-refractivity contribution in [1.29, 1.82) is 0 Å². The average molecular weight is 389 g/mol. The van der Waals surface area contributed by atoms with E-state index < -0.39 is 11.7 Å². The molecule has 1 fully saturated rings. The van der Waals surface area contributed by atoms with Crippen molar-refractivity contribution < 1.29 is 18.0 Å². The first-order valence-corrected chi connectivity index (χ1v) is 8.85. The van der Waals surface area contributed by atoms with Crippen LogP contribution in [-0.2, 0) is 11.0 Å². The van der Waals surface area contributed by atoms with E-state index in [9.17, 15) is 18.0 Å². The second-order valence-electron chi connectivity index (χ2n) is 6.66. The standard InChI is InChI=1S/C19H18F3N5O/c1-13(28)25-7-9-26(10-8-25)18-4-2-3-15(24-18)16-11-23-17-6-5-14(12-27(16)17)19(20,21)22/h2-6,11-12H,7-10H2,1H3. The lowest BCUT2D eigenvalue weighted by Crippen LogP contribution is -2.48. The Balaban J connectivity index is 1.66. The first-order valence-electron chi connectivity index (χ1n) is 8.85. The lowest BCUT2D eigenvalue weighted by molar-refractivity contribution is -0.137. The van der Waals surface area contributed by atoms with Gasteiger partial charge in [0.05, 0.1) is 23.1 Å². The molecule has 3 aromatic heterocycles. The second-order valence-corrected chi connectivity index (χ2v) is 6.66. The fraction of sp³-hybridized carbons (Fsp3) is 0.316. The summed E-state index contributed by atoms with van der Waals surface area (Å²) in [5.74, 6) is 0.773. The number of nitrogens with zero attached hydrogens (tertiary/aromatic N) is 5. The normalized spacial score (nSPS) is 15.3. The molecule has 3 aromatic rings. The Morgan fingerprint density at radius 2 is 1.82 bits per heavy atom. The van der Waals surface area contributed by atoms with Gasteiger partial charge >= 0.3 is 6.18 Å². The van der Waals surface area contributed by atoms with Gasteiger partial charge in [0, 0.05) is 39.3 Å². The average Bonchev–Trinajstić information content (AvgIpc) is 3.11. The first kappa shape index (κ1) is 18.3. The minimum Gasteiger partial charge on any atom is -0.353 e. The van der Waals surface area contributed by atoms with Gasteiger partial charge in [0.15, 0.2) is 0 Å². The van der Waals surface area contributed by atoms with Crippen molar-refractivity contribution in [2.24, 2.45) is 0 Å². The van der Waals surface area contributed by atoms with E-state index in [1.807, 2.05) is 12.1 Å². The third kappa shape index (κ3) is 3.39. The van der Waals surface area contributed by atoms with Gasteiger partial charge in [0.25, 0.3) is 0 Å². The van der Waals surface area contributed by atoms with E-state index in [2.05, 4.69) is 14.9 Å². The summed E-state index contributed by atoms with van der Waals surface area (Å²) in [4.78, 5) is 24.1. The van der Waals surface area contributed by atoms with Crippen molar-refractivity contribution >= 4 is 17.4 Å². The van der Waals surface area contributed by atoms with Crippen LogP contribution in [0.5, 0.6) is 0 Å². The van der Waals surface area contributed by atoms with Crippen molar-refractivity contribution in [3.05, 3.63) is 48.3 Å². The van der Waals surface area contributed by atoms with Crippen LogP contribution < -0.4 is 4.90 Å². The van der Waals surface area contributed by atoms with Crippen molar-refractivity contribution in [3.8, 4) is 11.4 Å². The zero-order valence-corrected chi connectivity index (χ0v) is 15.1. The van der Waals surface area contributed by atoms with Crippen molar-refractivity contribution in [2.45, 2.75) is 13.1 Å². The zero-order valence-electron chi connectivity index (χ0n) is 15.1. The Hall–Kier alpha value is -3.10. The highest BCUT2D eigenvalue weighted by atomic mass is 19.4. The highest BCUT2D eigenvalue weighted by Crippen LogP contribution is 2.31. The third-order valence-corrected chi connectivity index (χ3v) is 4.88. The van der Waals surface area contributed by atoms with E-state index in [4.69, 9.17) is 0 Å². The van der Waals surface area contributed by atoms with Crippen molar-refractivity contribution in [2.75, 3.05) is 31.1 Å². The SMILES string of the molecule is CC(=O)N1CCN(c2cccc(-c3cnc4ccc(C(F)(F)F)cn34)n2)CC1. The van der Waals surface area contributed by atoms with Gasteiger partial charge in [-0.2, -0.15) is 13.2 Å². The molecule has 1 aliphatic rings. The highest BCUT2D eigenvalue weighted by Gasteiger charge is 2.31. The molecule has 0 spiro atoms. The number of rotatable bonds is 2. The van der Waals surface area contributed by atoms with Crippen LogP contribution >= 0.6 is 0 Å². The highest BCUT2D eigenvalue weighted by molar-refractivity contribution is 5.73. The van der Waals surface area contributed by atoms with Crippen molar-refractivity contribution in [3.63, 3.8) is 0 Å².